The molecule has 0 amide bonds. The molecule has 0 fully saturated rings. The lowest BCUT2D eigenvalue weighted by atomic mass is 10.1. The van der Waals surface area contributed by atoms with Crippen molar-refractivity contribution in [2.24, 2.45) is 0 Å². The molecular weight excluding hydrogens is 270 g/mol. The van der Waals surface area contributed by atoms with Gasteiger partial charge in [0.15, 0.2) is 16.4 Å². The van der Waals surface area contributed by atoms with E-state index in [1.165, 1.54) is 13.3 Å². The van der Waals surface area contributed by atoms with Crippen LogP contribution in [0.4, 0.5) is 0 Å². The van der Waals surface area contributed by atoms with Gasteiger partial charge in [-0.3, -0.25) is 4.98 Å². The van der Waals surface area contributed by atoms with Crippen LogP contribution >= 0.6 is 0 Å². The van der Waals surface area contributed by atoms with Crippen molar-refractivity contribution in [1.29, 1.82) is 0 Å². The molecule has 106 valence electrons. The quantitative estimate of drug-likeness (QED) is 0.749. The van der Waals surface area contributed by atoms with E-state index in [1.807, 2.05) is 0 Å². The summed E-state index contributed by atoms with van der Waals surface area (Å²) in [5.41, 5.74) is 0.417. The van der Waals surface area contributed by atoms with Gasteiger partial charge in [-0.05, 0) is 26.0 Å². The monoisotopic (exact) mass is 287 g/mol. The Bertz CT molecular complexity index is 548. The van der Waals surface area contributed by atoms with Crippen LogP contribution in [0.15, 0.2) is 18.3 Å². The van der Waals surface area contributed by atoms with Crippen molar-refractivity contribution < 1.29 is 22.7 Å². The van der Waals surface area contributed by atoms with Gasteiger partial charge in [-0.2, -0.15) is 0 Å². The van der Waals surface area contributed by atoms with Crippen molar-refractivity contribution in [3.63, 3.8) is 0 Å². The van der Waals surface area contributed by atoms with Crippen LogP contribution in [0.5, 0.6) is 5.75 Å². The summed E-state index contributed by atoms with van der Waals surface area (Å²) in [5, 5.41) is 0. The maximum atomic E-state index is 11.7. The van der Waals surface area contributed by atoms with E-state index in [-0.39, 0.29) is 6.61 Å². The van der Waals surface area contributed by atoms with E-state index in [0.29, 0.717) is 11.4 Å². The van der Waals surface area contributed by atoms with Crippen molar-refractivity contribution in [2.75, 3.05) is 20.0 Å². The second-order valence-electron chi connectivity index (χ2n) is 4.53. The normalized spacial score (nSPS) is 12.0. The first-order chi connectivity index (χ1) is 8.68. The topological polar surface area (TPSA) is 82.6 Å². The molecule has 0 atom stereocenters. The molecule has 0 saturated heterocycles. The highest BCUT2D eigenvalue weighted by molar-refractivity contribution is 7.91. The maximum absolute atomic E-state index is 11.7. The third-order valence-corrected chi connectivity index (χ3v) is 4.93. The average Bonchev–Trinajstić information content (AvgIpc) is 2.35. The molecule has 1 aromatic heterocycles. The Labute approximate surface area is 112 Å². The average molecular weight is 287 g/mol. The number of carbonyl (C=O) groups excluding carboxylic acids is 1. The largest absolute Gasteiger partial charge is 0.480 e. The molecule has 1 aromatic rings. The second-order valence-corrected chi connectivity index (χ2v) is 7.09. The highest BCUT2D eigenvalue weighted by Gasteiger charge is 2.33. The van der Waals surface area contributed by atoms with Gasteiger partial charge in [-0.15, -0.1) is 0 Å². The lowest BCUT2D eigenvalue weighted by Crippen LogP contribution is -2.29. The Morgan fingerprint density at radius 2 is 2.00 bits per heavy atom. The van der Waals surface area contributed by atoms with Crippen molar-refractivity contribution in [3.8, 4) is 5.75 Å². The van der Waals surface area contributed by atoms with Crippen molar-refractivity contribution in [2.45, 2.75) is 18.6 Å². The van der Waals surface area contributed by atoms with Crippen molar-refractivity contribution in [3.05, 3.63) is 24.0 Å². The highest BCUT2D eigenvalue weighted by Crippen LogP contribution is 2.27. The van der Waals surface area contributed by atoms with Crippen LogP contribution in [0.3, 0.4) is 0 Å². The van der Waals surface area contributed by atoms with Crippen LogP contribution in [-0.2, 0) is 24.1 Å². The van der Waals surface area contributed by atoms with Gasteiger partial charge < -0.3 is 9.47 Å². The zero-order valence-corrected chi connectivity index (χ0v) is 12.2. The Kier molecular flexibility index (Phi) is 4.52. The summed E-state index contributed by atoms with van der Waals surface area (Å²) >= 11 is 0. The van der Waals surface area contributed by atoms with Crippen LogP contribution in [0, 0.1) is 0 Å². The van der Waals surface area contributed by atoms with Gasteiger partial charge in [-0.1, -0.05) is 0 Å². The second kappa shape index (κ2) is 5.56. The minimum Gasteiger partial charge on any atom is -0.480 e. The van der Waals surface area contributed by atoms with Crippen molar-refractivity contribution in [1.82, 2.24) is 4.98 Å². The van der Waals surface area contributed by atoms with Gasteiger partial charge in [0.1, 0.15) is 10.5 Å². The first kappa shape index (κ1) is 15.4. The number of pyridine rings is 1. The molecule has 6 nitrogen and oxygen atoms in total. The van der Waals surface area contributed by atoms with Gasteiger partial charge in [0.05, 0.1) is 19.0 Å². The van der Waals surface area contributed by atoms with Gasteiger partial charge in [0.25, 0.3) is 0 Å². The molecule has 0 aliphatic carbocycles. The molecular formula is C12H17NO5S. The van der Waals surface area contributed by atoms with Gasteiger partial charge in [-0.25, -0.2) is 13.2 Å². The molecule has 1 rings (SSSR count). The molecule has 19 heavy (non-hydrogen) atoms. The van der Waals surface area contributed by atoms with E-state index in [0.717, 1.165) is 6.26 Å². The Balaban J connectivity index is 2.85. The van der Waals surface area contributed by atoms with E-state index < -0.39 is 20.6 Å². The Hall–Kier alpha value is -1.63. The molecule has 0 aromatic carbocycles. The number of sulfone groups is 1. The number of hydrogen-bond donors (Lipinski definition) is 0. The SMILES string of the molecule is COC(=O)COc1ccc(C(C)(C)S(C)(=O)=O)nc1. The van der Waals surface area contributed by atoms with Gasteiger partial charge in [0, 0.05) is 6.26 Å². The number of aromatic nitrogens is 1. The molecule has 7 heteroatoms. The molecule has 0 radical (unpaired) electrons. The molecule has 0 unspecified atom stereocenters. The first-order valence-electron chi connectivity index (χ1n) is 5.54. The molecule has 0 spiro atoms. The summed E-state index contributed by atoms with van der Waals surface area (Å²) in [6, 6.07) is 3.13. The lowest BCUT2D eigenvalue weighted by Gasteiger charge is -2.21. The molecule has 0 aliphatic rings. The molecule has 0 saturated carbocycles. The zero-order valence-electron chi connectivity index (χ0n) is 11.3. The zero-order chi connectivity index (χ0) is 14.7. The van der Waals surface area contributed by atoms with Crippen LogP contribution < -0.4 is 4.74 Å². The third kappa shape index (κ3) is 3.66. The fourth-order valence-corrected chi connectivity index (χ4v) is 1.71. The molecule has 1 heterocycles. The number of carbonyl (C=O) groups is 1. The number of ether oxygens (including phenoxy) is 2. The Morgan fingerprint density at radius 3 is 2.42 bits per heavy atom. The molecule has 0 aliphatic heterocycles. The fraction of sp³-hybridized carbons (Fsp3) is 0.500. The molecule has 0 bridgehead atoms. The minimum absolute atomic E-state index is 0.215. The van der Waals surface area contributed by atoms with E-state index in [1.54, 1.807) is 26.0 Å². The van der Waals surface area contributed by atoms with Crippen LogP contribution in [0.25, 0.3) is 0 Å². The summed E-state index contributed by atoms with van der Waals surface area (Å²) in [6.07, 6.45) is 2.54. The number of methoxy groups -OCH3 is 1. The van der Waals surface area contributed by atoms with Crippen LogP contribution in [0.1, 0.15) is 19.5 Å². The minimum atomic E-state index is -3.28. The van der Waals surface area contributed by atoms with Crippen LogP contribution in [0.2, 0.25) is 0 Å². The predicted octanol–water partition coefficient (Wildman–Crippen LogP) is 0.913. The maximum Gasteiger partial charge on any atom is 0.343 e. The van der Waals surface area contributed by atoms with Crippen LogP contribution in [-0.4, -0.2) is 39.3 Å². The third-order valence-electron chi connectivity index (χ3n) is 2.86. The number of nitrogens with zero attached hydrogens (tertiary/aromatic N) is 1. The summed E-state index contributed by atoms with van der Waals surface area (Å²) in [7, 11) is -2.01. The number of hydrogen-bond acceptors (Lipinski definition) is 6. The molecule has 0 N–H and O–H groups in total. The number of rotatable bonds is 5. The number of esters is 1. The summed E-state index contributed by atoms with van der Waals surface area (Å²) in [4.78, 5) is 15.0. The predicted molar refractivity (Wildman–Crippen MR) is 69.6 cm³/mol. The standard InChI is InChI=1S/C12H17NO5S/c1-12(2,19(4,15)16)10-6-5-9(7-13-10)18-8-11(14)17-3/h5-7H,8H2,1-4H3. The smallest absolute Gasteiger partial charge is 0.343 e. The van der Waals surface area contributed by atoms with Gasteiger partial charge >= 0.3 is 5.97 Å². The lowest BCUT2D eigenvalue weighted by molar-refractivity contribution is -0.142. The summed E-state index contributed by atoms with van der Waals surface area (Å²) in [5.74, 6) is -0.126. The van der Waals surface area contributed by atoms with Crippen molar-refractivity contribution >= 4 is 15.8 Å². The van der Waals surface area contributed by atoms with Gasteiger partial charge in [0.2, 0.25) is 0 Å². The van der Waals surface area contributed by atoms with E-state index in [9.17, 15) is 13.2 Å². The van der Waals surface area contributed by atoms with E-state index in [4.69, 9.17) is 4.74 Å². The fourth-order valence-electron chi connectivity index (χ4n) is 1.21. The highest BCUT2D eigenvalue weighted by atomic mass is 32.2. The summed E-state index contributed by atoms with van der Waals surface area (Å²) in [6.45, 7) is 2.95. The van der Waals surface area contributed by atoms with E-state index in [2.05, 4.69) is 9.72 Å². The van der Waals surface area contributed by atoms with E-state index >= 15 is 0 Å². The first-order valence-corrected chi connectivity index (χ1v) is 7.43. The summed E-state index contributed by atoms with van der Waals surface area (Å²) < 4.78 is 31.8. The Morgan fingerprint density at radius 1 is 1.37 bits per heavy atom.